The maximum atomic E-state index is 11.7. The highest BCUT2D eigenvalue weighted by molar-refractivity contribution is 6.32. The quantitative estimate of drug-likeness (QED) is 0.856. The maximum absolute atomic E-state index is 11.7. The normalized spacial score (nSPS) is 10.2. The van der Waals surface area contributed by atoms with E-state index >= 15 is 0 Å². The fourth-order valence-corrected chi connectivity index (χ4v) is 1.74. The van der Waals surface area contributed by atoms with Crippen molar-refractivity contribution in [1.29, 1.82) is 0 Å². The molecular formula is C13H19ClN2O2. The van der Waals surface area contributed by atoms with Gasteiger partial charge in [0.25, 0.3) is 5.91 Å². The molecule has 18 heavy (non-hydrogen) atoms. The molecule has 0 spiro atoms. The summed E-state index contributed by atoms with van der Waals surface area (Å²) in [5, 5.41) is 0.507. The third-order valence-electron chi connectivity index (χ3n) is 2.70. The molecule has 2 N–H and O–H groups in total. The molecule has 0 saturated heterocycles. The van der Waals surface area contributed by atoms with Crippen LogP contribution < -0.4 is 10.5 Å². The van der Waals surface area contributed by atoms with Crippen LogP contribution in [-0.2, 0) is 11.2 Å². The number of para-hydroxylation sites is 1. The second-order valence-electron chi connectivity index (χ2n) is 3.96. The lowest BCUT2D eigenvalue weighted by molar-refractivity contribution is -0.131. The van der Waals surface area contributed by atoms with Gasteiger partial charge in [-0.25, -0.2) is 0 Å². The molecule has 0 heterocycles. The van der Waals surface area contributed by atoms with E-state index in [0.29, 0.717) is 30.3 Å². The van der Waals surface area contributed by atoms with Gasteiger partial charge in [0.2, 0.25) is 0 Å². The summed E-state index contributed by atoms with van der Waals surface area (Å²) in [4.78, 5) is 13.3. The van der Waals surface area contributed by atoms with Crippen LogP contribution >= 0.6 is 11.6 Å². The number of carbonyl (C=O) groups is 1. The van der Waals surface area contributed by atoms with E-state index in [4.69, 9.17) is 22.1 Å². The van der Waals surface area contributed by atoms with Gasteiger partial charge in [-0.15, -0.1) is 0 Å². The van der Waals surface area contributed by atoms with Crippen molar-refractivity contribution < 1.29 is 9.53 Å². The largest absolute Gasteiger partial charge is 0.482 e. The van der Waals surface area contributed by atoms with Gasteiger partial charge >= 0.3 is 0 Å². The van der Waals surface area contributed by atoms with Crippen molar-refractivity contribution in [3.05, 3.63) is 28.8 Å². The molecule has 0 aliphatic rings. The molecule has 0 aliphatic heterocycles. The molecule has 1 amide bonds. The number of benzene rings is 1. The summed E-state index contributed by atoms with van der Waals surface area (Å²) in [7, 11) is 1.74. The predicted molar refractivity (Wildman–Crippen MR) is 73.0 cm³/mol. The van der Waals surface area contributed by atoms with Gasteiger partial charge in [0.1, 0.15) is 5.75 Å². The number of nitrogens with zero attached hydrogens (tertiary/aromatic N) is 1. The molecule has 0 fully saturated rings. The summed E-state index contributed by atoms with van der Waals surface area (Å²) in [5.74, 6) is 0.485. The molecule has 4 nitrogen and oxygen atoms in total. The Bertz CT molecular complexity index is 410. The highest BCUT2D eigenvalue weighted by atomic mass is 35.5. The van der Waals surface area contributed by atoms with Gasteiger partial charge in [0, 0.05) is 13.6 Å². The lowest BCUT2D eigenvalue weighted by Crippen LogP contribution is -2.31. The number of hydrogen-bond donors (Lipinski definition) is 1. The number of amides is 1. The molecule has 100 valence electrons. The van der Waals surface area contributed by atoms with Crippen LogP contribution in [0.15, 0.2) is 18.2 Å². The molecule has 5 heteroatoms. The molecule has 1 aromatic carbocycles. The average molecular weight is 271 g/mol. The van der Waals surface area contributed by atoms with Gasteiger partial charge < -0.3 is 15.4 Å². The highest BCUT2D eigenvalue weighted by Gasteiger charge is 2.12. The fourth-order valence-electron chi connectivity index (χ4n) is 1.49. The Labute approximate surface area is 113 Å². The van der Waals surface area contributed by atoms with Crippen LogP contribution in [0.25, 0.3) is 0 Å². The highest BCUT2D eigenvalue weighted by Crippen LogP contribution is 2.28. The number of nitrogens with two attached hydrogens (primary N) is 1. The molecule has 0 unspecified atom stereocenters. The monoisotopic (exact) mass is 270 g/mol. The minimum Gasteiger partial charge on any atom is -0.482 e. The number of likely N-dealkylation sites (N-methyl/N-ethyl adjacent to an activating group) is 1. The van der Waals surface area contributed by atoms with E-state index < -0.39 is 0 Å². The predicted octanol–water partition coefficient (Wildman–Crippen LogP) is 1.70. The summed E-state index contributed by atoms with van der Waals surface area (Å²) < 4.78 is 5.53. The van der Waals surface area contributed by atoms with E-state index in [1.165, 1.54) is 0 Å². The number of hydrogen-bond acceptors (Lipinski definition) is 3. The summed E-state index contributed by atoms with van der Waals surface area (Å²) in [6, 6.07) is 5.49. The minimum absolute atomic E-state index is 0.00829. The van der Waals surface area contributed by atoms with Crippen LogP contribution in [0.4, 0.5) is 0 Å². The van der Waals surface area contributed by atoms with Gasteiger partial charge in [-0.3, -0.25) is 4.79 Å². The molecule has 1 aromatic rings. The Morgan fingerprint density at radius 2 is 2.22 bits per heavy atom. The molecule has 1 rings (SSSR count). The van der Waals surface area contributed by atoms with E-state index in [1.54, 1.807) is 18.0 Å². The van der Waals surface area contributed by atoms with Crippen LogP contribution in [0.2, 0.25) is 5.02 Å². The molecule has 0 atom stereocenters. The van der Waals surface area contributed by atoms with Crippen LogP contribution in [0, 0.1) is 0 Å². The summed E-state index contributed by atoms with van der Waals surface area (Å²) >= 11 is 6.07. The standard InChI is InChI=1S/C13H19ClN2O2/c1-3-16(2)12(17)9-18-13-10(7-8-15)5-4-6-11(13)14/h4-6H,3,7-9,15H2,1-2H3. The Morgan fingerprint density at radius 3 is 2.83 bits per heavy atom. The zero-order valence-electron chi connectivity index (χ0n) is 10.8. The van der Waals surface area contributed by atoms with Crippen LogP contribution in [0.1, 0.15) is 12.5 Å². The van der Waals surface area contributed by atoms with E-state index in [-0.39, 0.29) is 12.5 Å². The molecule has 0 aromatic heterocycles. The van der Waals surface area contributed by atoms with Gasteiger partial charge in [0.05, 0.1) is 5.02 Å². The lowest BCUT2D eigenvalue weighted by atomic mass is 10.1. The number of carbonyl (C=O) groups excluding carboxylic acids is 1. The van der Waals surface area contributed by atoms with Crippen molar-refractivity contribution in [2.45, 2.75) is 13.3 Å². The second-order valence-corrected chi connectivity index (χ2v) is 4.37. The van der Waals surface area contributed by atoms with Crippen molar-refractivity contribution in [2.75, 3.05) is 26.7 Å². The SMILES string of the molecule is CCN(C)C(=O)COc1c(Cl)cccc1CCN. The molecule has 0 radical (unpaired) electrons. The molecule has 0 aliphatic carbocycles. The van der Waals surface area contributed by atoms with Crippen molar-refractivity contribution in [2.24, 2.45) is 5.73 Å². The fraction of sp³-hybridized carbons (Fsp3) is 0.462. The first-order valence-corrected chi connectivity index (χ1v) is 6.32. The van der Waals surface area contributed by atoms with Crippen molar-refractivity contribution in [3.8, 4) is 5.75 Å². The van der Waals surface area contributed by atoms with E-state index in [2.05, 4.69) is 0 Å². The van der Waals surface area contributed by atoms with Gasteiger partial charge in [-0.1, -0.05) is 23.7 Å². The van der Waals surface area contributed by atoms with E-state index in [1.807, 2.05) is 19.1 Å². The second kappa shape index (κ2) is 7.24. The lowest BCUT2D eigenvalue weighted by Gasteiger charge is -2.17. The zero-order valence-corrected chi connectivity index (χ0v) is 11.5. The minimum atomic E-state index is -0.0730. The molecule has 0 saturated carbocycles. The first kappa shape index (κ1) is 14.8. The van der Waals surface area contributed by atoms with Crippen molar-refractivity contribution in [1.82, 2.24) is 4.90 Å². The molecular weight excluding hydrogens is 252 g/mol. The number of ether oxygens (including phenoxy) is 1. The third-order valence-corrected chi connectivity index (χ3v) is 3.00. The Hall–Kier alpha value is -1.26. The summed E-state index contributed by atoms with van der Waals surface area (Å²) in [6.07, 6.45) is 0.674. The van der Waals surface area contributed by atoms with Crippen molar-refractivity contribution >= 4 is 17.5 Å². The Kier molecular flexibility index (Phi) is 5.95. The zero-order chi connectivity index (χ0) is 13.5. The Balaban J connectivity index is 2.74. The van der Waals surface area contributed by atoms with Crippen LogP contribution in [0.3, 0.4) is 0 Å². The first-order valence-electron chi connectivity index (χ1n) is 5.94. The Morgan fingerprint density at radius 1 is 1.50 bits per heavy atom. The van der Waals surface area contributed by atoms with Crippen molar-refractivity contribution in [3.63, 3.8) is 0 Å². The molecule has 0 bridgehead atoms. The number of rotatable bonds is 6. The average Bonchev–Trinajstić information content (AvgIpc) is 2.37. The third kappa shape index (κ3) is 3.89. The smallest absolute Gasteiger partial charge is 0.260 e. The van der Waals surface area contributed by atoms with Crippen LogP contribution in [-0.4, -0.2) is 37.6 Å². The maximum Gasteiger partial charge on any atom is 0.260 e. The topological polar surface area (TPSA) is 55.6 Å². The van der Waals surface area contributed by atoms with E-state index in [0.717, 1.165) is 5.56 Å². The number of halogens is 1. The summed E-state index contributed by atoms with van der Waals surface area (Å²) in [6.45, 7) is 3.07. The van der Waals surface area contributed by atoms with Gasteiger partial charge in [0.15, 0.2) is 6.61 Å². The van der Waals surface area contributed by atoms with Gasteiger partial charge in [-0.2, -0.15) is 0 Å². The summed E-state index contributed by atoms with van der Waals surface area (Å²) in [5.41, 5.74) is 6.46. The van der Waals surface area contributed by atoms with E-state index in [9.17, 15) is 4.79 Å². The van der Waals surface area contributed by atoms with Crippen LogP contribution in [0.5, 0.6) is 5.75 Å². The first-order chi connectivity index (χ1) is 8.60. The van der Waals surface area contributed by atoms with Gasteiger partial charge in [-0.05, 0) is 31.5 Å².